The lowest BCUT2D eigenvalue weighted by molar-refractivity contribution is -0.121. The zero-order valence-corrected chi connectivity index (χ0v) is 10.9. The predicted molar refractivity (Wildman–Crippen MR) is 68.3 cm³/mol. The second-order valence-corrected chi connectivity index (χ2v) is 5.39. The van der Waals surface area contributed by atoms with Crippen LogP contribution < -0.4 is 5.32 Å². The minimum atomic E-state index is 0.257. The van der Waals surface area contributed by atoms with Crippen LogP contribution in [0, 0.1) is 11.8 Å². The Bertz CT molecular complexity index is 195. The van der Waals surface area contributed by atoms with Crippen LogP contribution in [-0.2, 0) is 4.79 Å². The fourth-order valence-electron chi connectivity index (χ4n) is 2.42. The van der Waals surface area contributed by atoms with Gasteiger partial charge in [-0.15, -0.1) is 0 Å². The van der Waals surface area contributed by atoms with Gasteiger partial charge in [-0.05, 0) is 31.1 Å². The van der Waals surface area contributed by atoms with Gasteiger partial charge < -0.3 is 5.32 Å². The quantitative estimate of drug-likeness (QED) is 0.689. The highest BCUT2D eigenvalue weighted by Gasteiger charge is 2.18. The summed E-state index contributed by atoms with van der Waals surface area (Å²) in [7, 11) is 0. The number of rotatable bonds is 6. The van der Waals surface area contributed by atoms with Crippen LogP contribution in [0.15, 0.2) is 0 Å². The van der Waals surface area contributed by atoms with Crippen LogP contribution in [0.25, 0.3) is 0 Å². The number of carbonyl (C=O) groups is 1. The van der Waals surface area contributed by atoms with E-state index in [2.05, 4.69) is 19.2 Å². The SMILES string of the molecule is CCCCCC(=O)NCC1CCC(C)CC1. The van der Waals surface area contributed by atoms with E-state index >= 15 is 0 Å². The second-order valence-electron chi connectivity index (χ2n) is 5.39. The summed E-state index contributed by atoms with van der Waals surface area (Å²) in [5, 5.41) is 3.09. The van der Waals surface area contributed by atoms with Gasteiger partial charge in [-0.3, -0.25) is 4.79 Å². The van der Waals surface area contributed by atoms with Crippen LogP contribution in [0.1, 0.15) is 65.2 Å². The number of hydrogen-bond acceptors (Lipinski definition) is 1. The molecule has 0 spiro atoms. The van der Waals surface area contributed by atoms with Crippen LogP contribution >= 0.6 is 0 Å². The maximum Gasteiger partial charge on any atom is 0.220 e. The molecule has 1 amide bonds. The van der Waals surface area contributed by atoms with Crippen molar-refractivity contribution in [2.75, 3.05) is 6.54 Å². The Morgan fingerprint density at radius 1 is 1.19 bits per heavy atom. The minimum absolute atomic E-state index is 0.257. The van der Waals surface area contributed by atoms with Crippen molar-refractivity contribution in [3.8, 4) is 0 Å². The van der Waals surface area contributed by atoms with E-state index in [9.17, 15) is 4.79 Å². The van der Waals surface area contributed by atoms with Crippen molar-refractivity contribution >= 4 is 5.91 Å². The van der Waals surface area contributed by atoms with E-state index < -0.39 is 0 Å². The molecule has 0 aromatic heterocycles. The summed E-state index contributed by atoms with van der Waals surface area (Å²) < 4.78 is 0. The number of nitrogens with one attached hydrogen (secondary N) is 1. The van der Waals surface area contributed by atoms with Crippen LogP contribution in [0.4, 0.5) is 0 Å². The number of hydrogen-bond donors (Lipinski definition) is 1. The first-order valence-electron chi connectivity index (χ1n) is 6.99. The van der Waals surface area contributed by atoms with E-state index in [1.54, 1.807) is 0 Å². The first-order chi connectivity index (χ1) is 7.72. The predicted octanol–water partition coefficient (Wildman–Crippen LogP) is 3.51. The van der Waals surface area contributed by atoms with Gasteiger partial charge >= 0.3 is 0 Å². The normalized spacial score (nSPS) is 25.4. The molecule has 1 aliphatic rings. The van der Waals surface area contributed by atoms with Gasteiger partial charge in [-0.2, -0.15) is 0 Å². The van der Waals surface area contributed by atoms with Crippen LogP contribution in [0.2, 0.25) is 0 Å². The number of unbranched alkanes of at least 4 members (excludes halogenated alkanes) is 2. The van der Waals surface area contributed by atoms with Gasteiger partial charge in [-0.25, -0.2) is 0 Å². The molecule has 0 saturated heterocycles. The zero-order valence-electron chi connectivity index (χ0n) is 10.9. The van der Waals surface area contributed by atoms with Gasteiger partial charge in [-0.1, -0.05) is 39.5 Å². The molecule has 0 aromatic carbocycles. The molecular weight excluding hydrogens is 198 g/mol. The zero-order chi connectivity index (χ0) is 11.8. The molecule has 0 bridgehead atoms. The van der Waals surface area contributed by atoms with Gasteiger partial charge in [0.2, 0.25) is 5.91 Å². The van der Waals surface area contributed by atoms with Crippen molar-refractivity contribution in [2.45, 2.75) is 65.2 Å². The first kappa shape index (κ1) is 13.5. The monoisotopic (exact) mass is 225 g/mol. The molecule has 1 saturated carbocycles. The van der Waals surface area contributed by atoms with E-state index in [4.69, 9.17) is 0 Å². The Hall–Kier alpha value is -0.530. The molecular formula is C14H27NO. The first-order valence-corrected chi connectivity index (χ1v) is 6.99. The van der Waals surface area contributed by atoms with Gasteiger partial charge in [0.15, 0.2) is 0 Å². The van der Waals surface area contributed by atoms with Crippen molar-refractivity contribution in [1.29, 1.82) is 0 Å². The maximum atomic E-state index is 11.5. The molecule has 2 nitrogen and oxygen atoms in total. The average molecular weight is 225 g/mol. The summed E-state index contributed by atoms with van der Waals surface area (Å²) in [4.78, 5) is 11.5. The molecule has 1 N–H and O–H groups in total. The van der Waals surface area contributed by atoms with Gasteiger partial charge in [0.1, 0.15) is 0 Å². The van der Waals surface area contributed by atoms with Crippen LogP contribution in [-0.4, -0.2) is 12.5 Å². The molecule has 1 rings (SSSR count). The number of carbonyl (C=O) groups excluding carboxylic acids is 1. The molecule has 0 atom stereocenters. The van der Waals surface area contributed by atoms with E-state index in [0.29, 0.717) is 0 Å². The summed E-state index contributed by atoms with van der Waals surface area (Å²) in [5.41, 5.74) is 0. The van der Waals surface area contributed by atoms with Gasteiger partial charge in [0, 0.05) is 13.0 Å². The third-order valence-electron chi connectivity index (χ3n) is 3.73. The summed E-state index contributed by atoms with van der Waals surface area (Å²) in [6.45, 7) is 5.42. The van der Waals surface area contributed by atoms with Gasteiger partial charge in [0.25, 0.3) is 0 Å². The molecule has 2 heteroatoms. The summed E-state index contributed by atoms with van der Waals surface area (Å²) in [5.74, 6) is 1.90. The minimum Gasteiger partial charge on any atom is -0.356 e. The Balaban J connectivity index is 2.03. The van der Waals surface area contributed by atoms with E-state index in [1.165, 1.54) is 38.5 Å². The molecule has 0 radical (unpaired) electrons. The van der Waals surface area contributed by atoms with E-state index in [-0.39, 0.29) is 5.91 Å². The van der Waals surface area contributed by atoms with Crippen LogP contribution in [0.5, 0.6) is 0 Å². The highest BCUT2D eigenvalue weighted by atomic mass is 16.1. The molecule has 1 aliphatic carbocycles. The van der Waals surface area contributed by atoms with Crippen LogP contribution in [0.3, 0.4) is 0 Å². The summed E-state index contributed by atoms with van der Waals surface area (Å²) in [6.07, 6.45) is 9.42. The Morgan fingerprint density at radius 3 is 2.50 bits per heavy atom. The third kappa shape index (κ3) is 5.53. The van der Waals surface area contributed by atoms with Crippen molar-refractivity contribution < 1.29 is 4.79 Å². The van der Waals surface area contributed by atoms with Gasteiger partial charge in [0.05, 0.1) is 0 Å². The summed E-state index contributed by atoms with van der Waals surface area (Å²) >= 11 is 0. The van der Waals surface area contributed by atoms with Crippen molar-refractivity contribution in [3.05, 3.63) is 0 Å². The average Bonchev–Trinajstić information content (AvgIpc) is 2.29. The second kappa shape index (κ2) is 7.70. The lowest BCUT2D eigenvalue weighted by atomic mass is 9.83. The smallest absolute Gasteiger partial charge is 0.220 e. The van der Waals surface area contributed by atoms with Crippen molar-refractivity contribution in [1.82, 2.24) is 5.32 Å². The molecule has 0 aromatic rings. The van der Waals surface area contributed by atoms with E-state index in [1.807, 2.05) is 0 Å². The highest BCUT2D eigenvalue weighted by molar-refractivity contribution is 5.75. The maximum absolute atomic E-state index is 11.5. The number of amides is 1. The Labute approximate surface area is 100 Å². The Kier molecular flexibility index (Phi) is 6.51. The fraction of sp³-hybridized carbons (Fsp3) is 0.929. The molecule has 0 heterocycles. The summed E-state index contributed by atoms with van der Waals surface area (Å²) in [6, 6.07) is 0. The molecule has 0 aliphatic heterocycles. The molecule has 1 fully saturated rings. The lowest BCUT2D eigenvalue weighted by Gasteiger charge is -2.26. The highest BCUT2D eigenvalue weighted by Crippen LogP contribution is 2.27. The van der Waals surface area contributed by atoms with Crippen molar-refractivity contribution in [2.24, 2.45) is 11.8 Å². The fourth-order valence-corrected chi connectivity index (χ4v) is 2.42. The lowest BCUT2D eigenvalue weighted by Crippen LogP contribution is -2.30. The molecule has 0 unspecified atom stereocenters. The largest absolute Gasteiger partial charge is 0.356 e. The molecule has 16 heavy (non-hydrogen) atoms. The standard InChI is InChI=1S/C14H27NO/c1-3-4-5-6-14(16)15-11-13-9-7-12(2)8-10-13/h12-13H,3-11H2,1-2H3,(H,15,16). The third-order valence-corrected chi connectivity index (χ3v) is 3.73. The Morgan fingerprint density at radius 2 is 1.88 bits per heavy atom. The topological polar surface area (TPSA) is 29.1 Å². The van der Waals surface area contributed by atoms with E-state index in [0.717, 1.165) is 31.2 Å². The van der Waals surface area contributed by atoms with Crippen molar-refractivity contribution in [3.63, 3.8) is 0 Å². The molecule has 94 valence electrons.